The van der Waals surface area contributed by atoms with Gasteiger partial charge in [0.05, 0.1) is 21.2 Å². The second-order valence-corrected chi connectivity index (χ2v) is 11.6. The second kappa shape index (κ2) is 10.3. The number of fused-ring (bicyclic) bond motifs is 1. The first-order chi connectivity index (χ1) is 15.1. The van der Waals surface area contributed by atoms with Crippen molar-refractivity contribution < 1.29 is 13.5 Å². The van der Waals surface area contributed by atoms with Gasteiger partial charge in [0.2, 0.25) is 10.0 Å². The van der Waals surface area contributed by atoms with Crippen LogP contribution in [0.25, 0.3) is 10.2 Å². The number of nitrogens with zero attached hydrogens (tertiary/aromatic N) is 3. The summed E-state index contributed by atoms with van der Waals surface area (Å²) in [6.45, 7) is 4.14. The van der Waals surface area contributed by atoms with Crippen molar-refractivity contribution >= 4 is 36.7 Å². The standard InChI is InChI=1S/C23H32N4O3S2/c1-16(2)14-27(15-21(28)19(24)12-17-8-6-5-7-9-17)32(29,30)18-10-11-20-22(13-18)31-23(25-20)26(3)4/h5-11,13,16,19,21,28H,12,14-15,24H2,1-4H3. The first-order valence-corrected chi connectivity index (χ1v) is 12.9. The fourth-order valence-corrected chi connectivity index (χ4v) is 6.09. The van der Waals surface area contributed by atoms with Gasteiger partial charge in [0.25, 0.3) is 0 Å². The van der Waals surface area contributed by atoms with Crippen molar-refractivity contribution in [1.82, 2.24) is 9.29 Å². The molecule has 174 valence electrons. The van der Waals surface area contributed by atoms with E-state index in [4.69, 9.17) is 5.73 Å². The van der Waals surface area contributed by atoms with Gasteiger partial charge in [0.15, 0.2) is 5.13 Å². The molecule has 0 aliphatic carbocycles. The van der Waals surface area contributed by atoms with Gasteiger partial charge in [-0.25, -0.2) is 13.4 Å². The van der Waals surface area contributed by atoms with Crippen LogP contribution >= 0.6 is 11.3 Å². The SMILES string of the molecule is CC(C)CN(CC(O)C(N)Cc1ccccc1)S(=O)(=O)c1ccc2nc(N(C)C)sc2c1. The Balaban J connectivity index is 1.84. The summed E-state index contributed by atoms with van der Waals surface area (Å²) in [4.78, 5) is 6.61. The number of hydrogen-bond donors (Lipinski definition) is 2. The maximum atomic E-state index is 13.5. The van der Waals surface area contributed by atoms with E-state index in [0.717, 1.165) is 20.9 Å². The van der Waals surface area contributed by atoms with Crippen molar-refractivity contribution in [2.45, 2.75) is 37.3 Å². The van der Waals surface area contributed by atoms with Gasteiger partial charge in [-0.15, -0.1) is 0 Å². The first kappa shape index (κ1) is 24.6. The van der Waals surface area contributed by atoms with Crippen molar-refractivity contribution in [3.63, 3.8) is 0 Å². The molecule has 0 saturated carbocycles. The predicted molar refractivity (Wildman–Crippen MR) is 132 cm³/mol. The van der Waals surface area contributed by atoms with Crippen LogP contribution in [0, 0.1) is 5.92 Å². The lowest BCUT2D eigenvalue weighted by Gasteiger charge is -2.28. The van der Waals surface area contributed by atoms with E-state index in [1.165, 1.54) is 15.6 Å². The lowest BCUT2D eigenvalue weighted by Crippen LogP contribution is -2.47. The Kier molecular flexibility index (Phi) is 7.89. The van der Waals surface area contributed by atoms with E-state index < -0.39 is 22.2 Å². The molecule has 0 spiro atoms. The van der Waals surface area contributed by atoms with Gasteiger partial charge in [0.1, 0.15) is 0 Å². The average molecular weight is 477 g/mol. The van der Waals surface area contributed by atoms with Gasteiger partial charge in [0, 0.05) is 33.2 Å². The smallest absolute Gasteiger partial charge is 0.243 e. The molecular formula is C23H32N4O3S2. The third-order valence-electron chi connectivity index (χ3n) is 5.14. The zero-order valence-corrected chi connectivity index (χ0v) is 20.6. The van der Waals surface area contributed by atoms with Crippen LogP contribution in [0.1, 0.15) is 19.4 Å². The molecule has 9 heteroatoms. The van der Waals surface area contributed by atoms with Crippen LogP contribution in [0.2, 0.25) is 0 Å². The fraction of sp³-hybridized carbons (Fsp3) is 0.435. The molecule has 3 rings (SSSR count). The lowest BCUT2D eigenvalue weighted by atomic mass is 10.0. The Hall–Kier alpha value is -2.04. The van der Waals surface area contributed by atoms with Crippen LogP contribution in [0.15, 0.2) is 53.4 Å². The lowest BCUT2D eigenvalue weighted by molar-refractivity contribution is 0.116. The highest BCUT2D eigenvalue weighted by molar-refractivity contribution is 7.89. The quantitative estimate of drug-likeness (QED) is 0.467. The zero-order valence-electron chi connectivity index (χ0n) is 19.0. The number of thiazole rings is 1. The van der Waals surface area contributed by atoms with Gasteiger partial charge in [-0.05, 0) is 36.1 Å². The number of aromatic nitrogens is 1. The van der Waals surface area contributed by atoms with E-state index in [0.29, 0.717) is 13.0 Å². The Labute approximate surface area is 194 Å². The van der Waals surface area contributed by atoms with Crippen molar-refractivity contribution in [3.05, 3.63) is 54.1 Å². The molecule has 32 heavy (non-hydrogen) atoms. The van der Waals surface area contributed by atoms with E-state index >= 15 is 0 Å². The van der Waals surface area contributed by atoms with Crippen LogP contribution in [0.3, 0.4) is 0 Å². The minimum Gasteiger partial charge on any atom is -0.390 e. The molecular weight excluding hydrogens is 444 g/mol. The number of nitrogens with two attached hydrogens (primary N) is 1. The summed E-state index contributed by atoms with van der Waals surface area (Å²) < 4.78 is 29.2. The van der Waals surface area contributed by atoms with Gasteiger partial charge in [-0.3, -0.25) is 0 Å². The van der Waals surface area contributed by atoms with Crippen LogP contribution in [-0.4, -0.2) is 62.1 Å². The molecule has 7 nitrogen and oxygen atoms in total. The molecule has 2 aromatic carbocycles. The van der Waals surface area contributed by atoms with Gasteiger partial charge < -0.3 is 15.7 Å². The van der Waals surface area contributed by atoms with E-state index in [1.54, 1.807) is 18.2 Å². The average Bonchev–Trinajstić information content (AvgIpc) is 3.17. The number of hydrogen-bond acceptors (Lipinski definition) is 7. The summed E-state index contributed by atoms with van der Waals surface area (Å²) in [5.74, 6) is 0.0924. The molecule has 0 aliphatic rings. The first-order valence-electron chi connectivity index (χ1n) is 10.6. The Morgan fingerprint density at radius 2 is 1.78 bits per heavy atom. The molecule has 0 bridgehead atoms. The molecule has 3 aromatic rings. The Bertz CT molecular complexity index is 1130. The maximum Gasteiger partial charge on any atom is 0.243 e. The number of anilines is 1. The fourth-order valence-electron chi connectivity index (χ4n) is 3.44. The van der Waals surface area contributed by atoms with Gasteiger partial charge >= 0.3 is 0 Å². The molecule has 0 aliphatic heterocycles. The Morgan fingerprint density at radius 3 is 2.41 bits per heavy atom. The highest BCUT2D eigenvalue weighted by atomic mass is 32.2. The van der Waals surface area contributed by atoms with Crippen LogP contribution in [0.5, 0.6) is 0 Å². The topological polar surface area (TPSA) is 99.8 Å². The zero-order chi connectivity index (χ0) is 23.5. The molecule has 0 amide bonds. The van der Waals surface area contributed by atoms with Crippen LogP contribution in [-0.2, 0) is 16.4 Å². The molecule has 0 fully saturated rings. The molecule has 0 radical (unpaired) electrons. The summed E-state index contributed by atoms with van der Waals surface area (Å²) in [5.41, 5.74) is 8.00. The third-order valence-corrected chi connectivity index (χ3v) is 8.15. The maximum absolute atomic E-state index is 13.5. The highest BCUT2D eigenvalue weighted by Gasteiger charge is 2.30. The minimum absolute atomic E-state index is 0.0574. The van der Waals surface area contributed by atoms with E-state index in [-0.39, 0.29) is 17.4 Å². The van der Waals surface area contributed by atoms with Crippen molar-refractivity contribution in [2.24, 2.45) is 11.7 Å². The second-order valence-electron chi connectivity index (χ2n) is 8.66. The summed E-state index contributed by atoms with van der Waals surface area (Å²) >= 11 is 1.44. The summed E-state index contributed by atoms with van der Waals surface area (Å²) in [6.07, 6.45) is -0.520. The number of benzene rings is 2. The minimum atomic E-state index is -3.82. The van der Waals surface area contributed by atoms with E-state index in [1.807, 2.05) is 63.2 Å². The summed E-state index contributed by atoms with van der Waals surface area (Å²) in [6, 6.07) is 14.1. The van der Waals surface area contributed by atoms with Crippen molar-refractivity contribution in [3.8, 4) is 0 Å². The van der Waals surface area contributed by atoms with E-state index in [9.17, 15) is 13.5 Å². The molecule has 1 heterocycles. The van der Waals surface area contributed by atoms with Gasteiger partial charge in [-0.2, -0.15) is 4.31 Å². The third kappa shape index (κ3) is 5.85. The van der Waals surface area contributed by atoms with Crippen molar-refractivity contribution in [1.29, 1.82) is 0 Å². The van der Waals surface area contributed by atoms with Crippen molar-refractivity contribution in [2.75, 3.05) is 32.1 Å². The predicted octanol–water partition coefficient (Wildman–Crippen LogP) is 2.94. The highest BCUT2D eigenvalue weighted by Crippen LogP contribution is 2.30. The van der Waals surface area contributed by atoms with Crippen LogP contribution < -0.4 is 10.6 Å². The summed E-state index contributed by atoms with van der Waals surface area (Å²) in [7, 11) is -0.0118. The Morgan fingerprint density at radius 1 is 1.09 bits per heavy atom. The summed E-state index contributed by atoms with van der Waals surface area (Å²) in [5, 5.41) is 11.6. The number of rotatable bonds is 10. The van der Waals surface area contributed by atoms with E-state index in [2.05, 4.69) is 4.98 Å². The van der Waals surface area contributed by atoms with Crippen LogP contribution in [0.4, 0.5) is 5.13 Å². The molecule has 1 aromatic heterocycles. The number of aliphatic hydroxyl groups is 1. The normalized spacial score (nSPS) is 14.2. The largest absolute Gasteiger partial charge is 0.390 e. The molecule has 2 unspecified atom stereocenters. The molecule has 2 atom stereocenters. The van der Waals surface area contributed by atoms with Gasteiger partial charge in [-0.1, -0.05) is 55.5 Å². The monoisotopic (exact) mass is 476 g/mol. The molecule has 0 saturated heterocycles. The number of sulfonamides is 1. The molecule has 3 N–H and O–H groups in total. The number of aliphatic hydroxyl groups excluding tert-OH is 1.